The zero-order valence-corrected chi connectivity index (χ0v) is 11.4. The van der Waals surface area contributed by atoms with E-state index in [-0.39, 0.29) is 17.0 Å². The van der Waals surface area contributed by atoms with E-state index < -0.39 is 29.2 Å². The molecular weight excluding hydrogens is 304 g/mol. The van der Waals surface area contributed by atoms with E-state index in [4.69, 9.17) is 5.11 Å². The molecule has 1 aliphatic heterocycles. The molecule has 1 aliphatic carbocycles. The molecule has 0 atom stereocenters. The van der Waals surface area contributed by atoms with E-state index in [1.54, 1.807) is 0 Å². The summed E-state index contributed by atoms with van der Waals surface area (Å²) in [6.07, 6.45) is -5.30. The second-order valence-corrected chi connectivity index (χ2v) is 5.79. The first-order chi connectivity index (χ1) is 10.2. The second kappa shape index (κ2) is 4.84. The molecule has 0 aromatic heterocycles. The summed E-state index contributed by atoms with van der Waals surface area (Å²) in [5.74, 6) is -1.57. The molecule has 1 aromatic carbocycles. The third-order valence-corrected chi connectivity index (χ3v) is 4.28. The maximum absolute atomic E-state index is 14.2. The Labute approximate surface area is 123 Å². The summed E-state index contributed by atoms with van der Waals surface area (Å²) < 4.78 is 53.4. The Kier molecular flexibility index (Phi) is 3.32. The van der Waals surface area contributed by atoms with Crippen LogP contribution in [0.2, 0.25) is 0 Å². The van der Waals surface area contributed by atoms with Crippen LogP contribution in [-0.2, 0) is 11.7 Å². The third-order valence-electron chi connectivity index (χ3n) is 4.28. The molecule has 8 heteroatoms. The molecule has 0 bridgehead atoms. The molecule has 22 heavy (non-hydrogen) atoms. The first-order valence-electron chi connectivity index (χ1n) is 6.86. The van der Waals surface area contributed by atoms with Gasteiger partial charge < -0.3 is 15.7 Å². The van der Waals surface area contributed by atoms with Crippen LogP contribution in [0.5, 0.6) is 0 Å². The number of carbonyl (C=O) groups is 1. The Bertz CT molecular complexity index is 622. The average molecular weight is 318 g/mol. The Balaban J connectivity index is 2.09. The van der Waals surface area contributed by atoms with Crippen molar-refractivity contribution in [3.05, 3.63) is 34.6 Å². The lowest BCUT2D eigenvalue weighted by atomic mass is 9.88. The summed E-state index contributed by atoms with van der Waals surface area (Å²) in [6.45, 7) is 0.827. The molecule has 3 N–H and O–H groups in total. The minimum absolute atomic E-state index is 0.00189. The van der Waals surface area contributed by atoms with Crippen LogP contribution in [0, 0.1) is 5.82 Å². The predicted octanol–water partition coefficient (Wildman–Crippen LogP) is 2.79. The fourth-order valence-electron chi connectivity index (χ4n) is 2.75. The zero-order chi connectivity index (χ0) is 16.1. The molecule has 4 nitrogen and oxygen atoms in total. The first-order valence-corrected chi connectivity index (χ1v) is 6.86. The van der Waals surface area contributed by atoms with E-state index in [0.29, 0.717) is 25.9 Å². The van der Waals surface area contributed by atoms with Crippen LogP contribution < -0.4 is 10.6 Å². The highest BCUT2D eigenvalue weighted by molar-refractivity contribution is 5.67. The monoisotopic (exact) mass is 318 g/mol. The summed E-state index contributed by atoms with van der Waals surface area (Å²) >= 11 is 0. The van der Waals surface area contributed by atoms with Gasteiger partial charge in [-0.3, -0.25) is 0 Å². The number of benzene rings is 1. The minimum Gasteiger partial charge on any atom is -0.465 e. The second-order valence-electron chi connectivity index (χ2n) is 5.79. The van der Waals surface area contributed by atoms with E-state index in [1.807, 2.05) is 0 Å². The van der Waals surface area contributed by atoms with Gasteiger partial charge in [0.1, 0.15) is 5.82 Å². The fraction of sp³-hybridized carbons (Fsp3) is 0.500. The van der Waals surface area contributed by atoms with Gasteiger partial charge in [0.2, 0.25) is 0 Å². The smallest absolute Gasteiger partial charge is 0.419 e. The van der Waals surface area contributed by atoms with Crippen molar-refractivity contribution in [2.24, 2.45) is 0 Å². The Morgan fingerprint density at radius 1 is 1.32 bits per heavy atom. The predicted molar refractivity (Wildman–Crippen MR) is 69.1 cm³/mol. The van der Waals surface area contributed by atoms with Crippen molar-refractivity contribution in [2.75, 3.05) is 13.1 Å². The maximum Gasteiger partial charge on any atom is 0.419 e. The highest BCUT2D eigenvalue weighted by Crippen LogP contribution is 2.48. The van der Waals surface area contributed by atoms with Gasteiger partial charge in [-0.25, -0.2) is 9.18 Å². The number of carboxylic acid groups (broad SMARTS) is 1. The fourth-order valence-corrected chi connectivity index (χ4v) is 2.75. The summed E-state index contributed by atoms with van der Waals surface area (Å²) in [4.78, 5) is 10.8. The van der Waals surface area contributed by atoms with Crippen LogP contribution in [0.4, 0.5) is 22.4 Å². The number of alkyl halides is 3. The molecule has 1 aromatic rings. The van der Waals surface area contributed by atoms with Crippen LogP contribution in [0.15, 0.2) is 12.1 Å². The molecule has 1 saturated carbocycles. The number of nitrogens with one attached hydrogen (secondary N) is 2. The van der Waals surface area contributed by atoms with Gasteiger partial charge in [0.15, 0.2) is 0 Å². The molecule has 1 amide bonds. The normalized spacial score (nSPS) is 20.4. The van der Waals surface area contributed by atoms with Crippen molar-refractivity contribution >= 4 is 6.09 Å². The van der Waals surface area contributed by atoms with Crippen molar-refractivity contribution in [3.8, 4) is 0 Å². The number of amides is 1. The van der Waals surface area contributed by atoms with Crippen LogP contribution in [0.25, 0.3) is 0 Å². The Morgan fingerprint density at radius 3 is 2.36 bits per heavy atom. The maximum atomic E-state index is 14.2. The molecule has 0 radical (unpaired) electrons. The lowest BCUT2D eigenvalue weighted by Crippen LogP contribution is -2.41. The molecule has 2 aliphatic rings. The van der Waals surface area contributed by atoms with Crippen LogP contribution in [0.3, 0.4) is 0 Å². The van der Waals surface area contributed by atoms with E-state index >= 15 is 0 Å². The molecule has 2 fully saturated rings. The third kappa shape index (κ3) is 2.51. The Hall–Kier alpha value is -1.83. The average Bonchev–Trinajstić information content (AvgIpc) is 3.07. The quantitative estimate of drug-likeness (QED) is 0.751. The van der Waals surface area contributed by atoms with Gasteiger partial charge in [-0.2, -0.15) is 13.2 Å². The van der Waals surface area contributed by atoms with Gasteiger partial charge in [-0.1, -0.05) is 6.07 Å². The molecule has 3 rings (SSSR count). The number of halogens is 4. The van der Waals surface area contributed by atoms with Crippen molar-refractivity contribution in [1.29, 1.82) is 0 Å². The van der Waals surface area contributed by atoms with Crippen LogP contribution in [0.1, 0.15) is 35.4 Å². The van der Waals surface area contributed by atoms with Gasteiger partial charge >= 0.3 is 12.3 Å². The molecule has 120 valence electrons. The highest BCUT2D eigenvalue weighted by Gasteiger charge is 2.48. The highest BCUT2D eigenvalue weighted by atomic mass is 19.4. The van der Waals surface area contributed by atoms with Crippen molar-refractivity contribution < 1.29 is 27.5 Å². The van der Waals surface area contributed by atoms with Crippen molar-refractivity contribution in [3.63, 3.8) is 0 Å². The SMILES string of the molecule is O=C(O)NC1(c2cc(C3CNC3)c(F)c(C(F)(F)F)c2)CC1. The van der Waals surface area contributed by atoms with Gasteiger partial charge in [-0.15, -0.1) is 0 Å². The minimum atomic E-state index is -4.81. The largest absolute Gasteiger partial charge is 0.465 e. The van der Waals surface area contributed by atoms with Crippen LogP contribution >= 0.6 is 0 Å². The van der Waals surface area contributed by atoms with Crippen molar-refractivity contribution in [1.82, 2.24) is 10.6 Å². The molecule has 1 saturated heterocycles. The van der Waals surface area contributed by atoms with E-state index in [9.17, 15) is 22.4 Å². The molecular formula is C14H14F4N2O2. The molecule has 1 heterocycles. The first kappa shape index (κ1) is 15.1. The summed E-state index contributed by atoms with van der Waals surface area (Å²) in [6, 6.07) is 2.10. The summed E-state index contributed by atoms with van der Waals surface area (Å²) in [7, 11) is 0. The standard InChI is InChI=1S/C14H14F4N2O2/c15-11-9(7-5-19-6-7)3-8(4-10(11)14(16,17)18)13(1-2-13)20-12(21)22/h3-4,7,19-20H,1-2,5-6H2,(H,21,22). The lowest BCUT2D eigenvalue weighted by molar-refractivity contribution is -0.140. The van der Waals surface area contributed by atoms with Gasteiger partial charge in [-0.05, 0) is 30.0 Å². The number of rotatable bonds is 3. The summed E-state index contributed by atoms with van der Waals surface area (Å²) in [5.41, 5.74) is -2.16. The topological polar surface area (TPSA) is 61.4 Å². The van der Waals surface area contributed by atoms with E-state index in [2.05, 4.69) is 10.6 Å². The number of hydrogen-bond donors (Lipinski definition) is 3. The molecule has 0 spiro atoms. The summed E-state index contributed by atoms with van der Waals surface area (Å²) in [5, 5.41) is 14.0. The zero-order valence-electron chi connectivity index (χ0n) is 11.4. The molecule has 0 unspecified atom stereocenters. The van der Waals surface area contributed by atoms with Gasteiger partial charge in [0.05, 0.1) is 11.1 Å². The number of hydrogen-bond acceptors (Lipinski definition) is 2. The Morgan fingerprint density at radius 2 is 1.95 bits per heavy atom. The van der Waals surface area contributed by atoms with Crippen LogP contribution in [-0.4, -0.2) is 24.3 Å². The van der Waals surface area contributed by atoms with Crippen molar-refractivity contribution in [2.45, 2.75) is 30.5 Å². The van der Waals surface area contributed by atoms with E-state index in [1.165, 1.54) is 6.07 Å². The van der Waals surface area contributed by atoms with Gasteiger partial charge in [0.25, 0.3) is 0 Å². The van der Waals surface area contributed by atoms with Gasteiger partial charge in [0, 0.05) is 19.0 Å². The van der Waals surface area contributed by atoms with E-state index in [0.717, 1.165) is 6.07 Å². The lowest BCUT2D eigenvalue weighted by Gasteiger charge is -2.30.